The monoisotopic (exact) mass is 621 g/mol. The van der Waals surface area contributed by atoms with Crippen LogP contribution in [0.4, 0.5) is 22.4 Å². The SMILES string of the molecule is CC[C@@H]1C[C@@H](N(C)c2nc(Nc3cc(C)n(C(=O)OC(C)(C)C)n3)cc(OCC3COC3)n2)C[C@H](CC)N1S(=O)(=O)CC. The summed E-state index contributed by atoms with van der Waals surface area (Å²) < 4.78 is 45.8. The molecule has 0 bridgehead atoms. The van der Waals surface area contributed by atoms with Gasteiger partial charge in [-0.3, -0.25) is 0 Å². The average molecular weight is 622 g/mol. The van der Waals surface area contributed by atoms with Gasteiger partial charge in [0.05, 0.1) is 25.6 Å². The minimum absolute atomic E-state index is 0.0231. The highest BCUT2D eigenvalue weighted by Gasteiger charge is 2.41. The largest absolute Gasteiger partial charge is 0.477 e. The van der Waals surface area contributed by atoms with Gasteiger partial charge < -0.3 is 24.4 Å². The van der Waals surface area contributed by atoms with E-state index in [1.165, 1.54) is 4.68 Å². The first-order chi connectivity index (χ1) is 20.2. The number of carbonyl (C=O) groups excluding carboxylic acids is 1. The summed E-state index contributed by atoms with van der Waals surface area (Å²) >= 11 is 0. The predicted molar refractivity (Wildman–Crippen MR) is 165 cm³/mol. The summed E-state index contributed by atoms with van der Waals surface area (Å²) in [5.41, 5.74) is -0.0493. The van der Waals surface area contributed by atoms with Crippen LogP contribution in [0.25, 0.3) is 0 Å². The van der Waals surface area contributed by atoms with E-state index < -0.39 is 21.7 Å². The second-order valence-corrected chi connectivity index (χ2v) is 14.5. The molecule has 0 aliphatic carbocycles. The highest BCUT2D eigenvalue weighted by atomic mass is 32.2. The number of hydrogen-bond acceptors (Lipinski definition) is 11. The minimum Gasteiger partial charge on any atom is -0.477 e. The summed E-state index contributed by atoms with van der Waals surface area (Å²) in [6.07, 6.45) is 2.21. The van der Waals surface area contributed by atoms with Gasteiger partial charge >= 0.3 is 6.09 Å². The van der Waals surface area contributed by atoms with Gasteiger partial charge in [0.2, 0.25) is 21.9 Å². The van der Waals surface area contributed by atoms with Crippen LogP contribution in [-0.4, -0.2) is 94.9 Å². The van der Waals surface area contributed by atoms with Crippen LogP contribution >= 0.6 is 0 Å². The van der Waals surface area contributed by atoms with E-state index in [1.54, 1.807) is 51.1 Å². The van der Waals surface area contributed by atoms with Gasteiger partial charge in [0.1, 0.15) is 11.4 Å². The molecule has 2 aromatic rings. The topological polar surface area (TPSA) is 141 Å². The highest BCUT2D eigenvalue weighted by molar-refractivity contribution is 7.89. The van der Waals surface area contributed by atoms with Gasteiger partial charge in [-0.05, 0) is 60.3 Å². The van der Waals surface area contributed by atoms with Crippen molar-refractivity contribution in [3.63, 3.8) is 0 Å². The van der Waals surface area contributed by atoms with Crippen molar-refractivity contribution in [2.24, 2.45) is 5.92 Å². The third-order valence-corrected chi connectivity index (χ3v) is 9.84. The molecule has 0 aromatic carbocycles. The Morgan fingerprint density at radius 3 is 2.28 bits per heavy atom. The summed E-state index contributed by atoms with van der Waals surface area (Å²) in [6, 6.07) is 3.26. The van der Waals surface area contributed by atoms with Crippen LogP contribution in [0.1, 0.15) is 72.9 Å². The zero-order valence-corrected chi connectivity index (χ0v) is 27.5. The van der Waals surface area contributed by atoms with Gasteiger partial charge in [0, 0.05) is 48.9 Å². The molecule has 240 valence electrons. The Morgan fingerprint density at radius 1 is 1.09 bits per heavy atom. The molecule has 13 nitrogen and oxygen atoms in total. The van der Waals surface area contributed by atoms with Gasteiger partial charge in [-0.2, -0.15) is 19.0 Å². The summed E-state index contributed by atoms with van der Waals surface area (Å²) in [5, 5.41) is 7.60. The Bertz CT molecular complexity index is 1360. The molecule has 2 fully saturated rings. The van der Waals surface area contributed by atoms with Crippen LogP contribution in [0, 0.1) is 12.8 Å². The number of rotatable bonds is 11. The zero-order valence-electron chi connectivity index (χ0n) is 26.7. The number of carbonyl (C=O) groups is 1. The number of anilines is 3. The second kappa shape index (κ2) is 13.3. The van der Waals surface area contributed by atoms with E-state index in [4.69, 9.17) is 24.2 Å². The van der Waals surface area contributed by atoms with E-state index in [0.29, 0.717) is 67.7 Å². The van der Waals surface area contributed by atoms with E-state index >= 15 is 0 Å². The molecule has 0 spiro atoms. The first kappa shape index (κ1) is 32.9. The number of ether oxygens (including phenoxy) is 3. The Hall–Kier alpha value is -2.97. The van der Waals surface area contributed by atoms with Crippen LogP contribution in [0.5, 0.6) is 5.88 Å². The first-order valence-electron chi connectivity index (χ1n) is 15.1. The maximum Gasteiger partial charge on any atom is 0.435 e. The van der Waals surface area contributed by atoms with E-state index in [0.717, 1.165) is 12.8 Å². The van der Waals surface area contributed by atoms with Gasteiger partial charge in [-0.25, -0.2) is 13.2 Å². The molecule has 2 saturated heterocycles. The smallest absolute Gasteiger partial charge is 0.435 e. The van der Waals surface area contributed by atoms with Gasteiger partial charge in [0.15, 0.2) is 5.82 Å². The summed E-state index contributed by atoms with van der Waals surface area (Å²) in [4.78, 5) is 24.2. The standard InChI is InChI=1S/C29H47N7O6S/c1-9-21-13-23(14-22(10-2)36(21)43(38,39)11-3)34(8)27-31-24(15-26(32-27)41-18-20-16-40-17-20)30-25-12-19(4)35(33-25)28(37)42-29(5,6)7/h12,15,20-23H,9-11,13-14,16-18H2,1-8H3,(H,30,31,32,33)/t21-,22+,23-. The van der Waals surface area contributed by atoms with Crippen molar-refractivity contribution < 1.29 is 27.4 Å². The van der Waals surface area contributed by atoms with Crippen molar-refractivity contribution in [3.8, 4) is 5.88 Å². The summed E-state index contributed by atoms with van der Waals surface area (Å²) in [6.45, 7) is 14.7. The number of aromatic nitrogens is 4. The molecule has 4 rings (SSSR count). The number of piperidine rings is 1. The van der Waals surface area contributed by atoms with Gasteiger partial charge in [-0.15, -0.1) is 5.10 Å². The Morgan fingerprint density at radius 2 is 1.74 bits per heavy atom. The molecule has 4 heterocycles. The van der Waals surface area contributed by atoms with Gasteiger partial charge in [-0.1, -0.05) is 13.8 Å². The molecule has 1 N–H and O–H groups in total. The normalized spacial score (nSPS) is 21.7. The Labute approximate surface area is 255 Å². The fourth-order valence-electron chi connectivity index (χ4n) is 5.46. The molecule has 2 aliphatic heterocycles. The molecule has 2 aliphatic rings. The van der Waals surface area contributed by atoms with Crippen molar-refractivity contribution in [3.05, 3.63) is 17.8 Å². The molecule has 43 heavy (non-hydrogen) atoms. The molecule has 0 saturated carbocycles. The maximum atomic E-state index is 13.0. The van der Waals surface area contributed by atoms with E-state index in [9.17, 15) is 13.2 Å². The highest BCUT2D eigenvalue weighted by Crippen LogP contribution is 2.34. The van der Waals surface area contributed by atoms with Crippen molar-refractivity contribution in [2.75, 3.05) is 42.8 Å². The molecule has 0 radical (unpaired) electrons. The van der Waals surface area contributed by atoms with E-state index in [2.05, 4.69) is 10.4 Å². The van der Waals surface area contributed by atoms with Crippen LogP contribution in [0.2, 0.25) is 0 Å². The maximum absolute atomic E-state index is 13.0. The number of hydrogen-bond donors (Lipinski definition) is 1. The fourth-order valence-corrected chi connectivity index (χ4v) is 7.13. The third kappa shape index (κ3) is 7.95. The van der Waals surface area contributed by atoms with Crippen LogP contribution in [0.3, 0.4) is 0 Å². The first-order valence-corrected chi connectivity index (χ1v) is 16.8. The number of nitrogens with one attached hydrogen (secondary N) is 1. The summed E-state index contributed by atoms with van der Waals surface area (Å²) in [7, 11) is -1.39. The zero-order chi connectivity index (χ0) is 31.5. The van der Waals surface area contributed by atoms with Crippen LogP contribution in [-0.2, 0) is 19.5 Å². The molecule has 14 heteroatoms. The molecule has 0 amide bonds. The van der Waals surface area contributed by atoms with Crippen molar-refractivity contribution in [2.45, 2.75) is 97.9 Å². The van der Waals surface area contributed by atoms with Crippen molar-refractivity contribution >= 4 is 33.7 Å². The van der Waals surface area contributed by atoms with E-state index in [1.807, 2.05) is 25.8 Å². The lowest BCUT2D eigenvalue weighted by molar-refractivity contribution is -0.0514. The molecule has 2 aromatic heterocycles. The number of nitrogens with zero attached hydrogens (tertiary/aromatic N) is 6. The van der Waals surface area contributed by atoms with Crippen molar-refractivity contribution in [1.82, 2.24) is 24.1 Å². The van der Waals surface area contributed by atoms with Gasteiger partial charge in [0.25, 0.3) is 0 Å². The third-order valence-electron chi connectivity index (χ3n) is 7.87. The van der Waals surface area contributed by atoms with Crippen molar-refractivity contribution in [1.29, 1.82) is 0 Å². The molecule has 0 unspecified atom stereocenters. The Kier molecular flexibility index (Phi) is 10.2. The average Bonchev–Trinajstić information content (AvgIpc) is 3.29. The number of sulfonamides is 1. The van der Waals surface area contributed by atoms with E-state index in [-0.39, 0.29) is 23.9 Å². The van der Waals surface area contributed by atoms with Crippen LogP contribution < -0.4 is 15.0 Å². The van der Waals surface area contributed by atoms with Crippen LogP contribution in [0.15, 0.2) is 12.1 Å². The minimum atomic E-state index is -3.33. The summed E-state index contributed by atoms with van der Waals surface area (Å²) in [5.74, 6) is 2.13. The quantitative estimate of drug-likeness (QED) is 0.383. The molecular formula is C29H47N7O6S. The lowest BCUT2D eigenvalue weighted by atomic mass is 9.90. The molecule has 3 atom stereocenters. The Balaban J connectivity index is 1.60. The fraction of sp³-hybridized carbons (Fsp3) is 0.724. The number of aryl methyl sites for hydroxylation is 1. The lowest BCUT2D eigenvalue weighted by Crippen LogP contribution is -2.56. The predicted octanol–water partition coefficient (Wildman–Crippen LogP) is 4.34. The lowest BCUT2D eigenvalue weighted by Gasteiger charge is -2.46. The molecular weight excluding hydrogens is 574 g/mol. The second-order valence-electron chi connectivity index (χ2n) is 12.4.